The maximum absolute atomic E-state index is 13.2. The minimum Gasteiger partial charge on any atom is -0.463 e. The van der Waals surface area contributed by atoms with Crippen LogP contribution in [0.4, 0.5) is 4.39 Å². The van der Waals surface area contributed by atoms with Gasteiger partial charge in [-0.25, -0.2) is 9.18 Å². The minimum absolute atomic E-state index is 0.296. The van der Waals surface area contributed by atoms with Crippen molar-refractivity contribution in [3.63, 3.8) is 0 Å². The van der Waals surface area contributed by atoms with Crippen LogP contribution in [0, 0.1) is 0 Å². The smallest absolute Gasteiger partial charge is 0.330 e. The van der Waals surface area contributed by atoms with Crippen molar-refractivity contribution in [2.75, 3.05) is 19.7 Å². The molecule has 0 fully saturated rings. The number of allylic oxidation sites excluding steroid dienone is 2. The lowest BCUT2D eigenvalue weighted by molar-refractivity contribution is -0.137. The molecule has 0 saturated heterocycles. The molecule has 0 amide bonds. The zero-order valence-corrected chi connectivity index (χ0v) is 9.50. The molecule has 0 saturated carbocycles. The molecular formula is C11H18FNO2. The van der Waals surface area contributed by atoms with E-state index >= 15 is 0 Å². The van der Waals surface area contributed by atoms with E-state index in [1.165, 1.54) is 6.20 Å². The van der Waals surface area contributed by atoms with Gasteiger partial charge in [-0.05, 0) is 26.8 Å². The Morgan fingerprint density at radius 1 is 1.27 bits per heavy atom. The Morgan fingerprint density at radius 3 is 2.33 bits per heavy atom. The molecule has 0 N–H and O–H groups in total. The standard InChI is InChI=1S/C11H18FNO2/c1-4-13(5-2)9-10(12)7-8-11(14)15-6-3/h7-9H,4-6H2,1-3H3/b8-7+,10-9-. The highest BCUT2D eigenvalue weighted by atomic mass is 19.1. The highest BCUT2D eigenvalue weighted by Crippen LogP contribution is 2.02. The average Bonchev–Trinajstić information content (AvgIpc) is 2.23. The van der Waals surface area contributed by atoms with Crippen LogP contribution in [0.1, 0.15) is 20.8 Å². The largest absolute Gasteiger partial charge is 0.463 e. The summed E-state index contributed by atoms with van der Waals surface area (Å²) in [5, 5.41) is 0. The monoisotopic (exact) mass is 215 g/mol. The Bertz CT molecular complexity index is 245. The van der Waals surface area contributed by atoms with E-state index in [2.05, 4.69) is 4.74 Å². The van der Waals surface area contributed by atoms with Gasteiger partial charge in [0.05, 0.1) is 6.61 Å². The highest BCUT2D eigenvalue weighted by Gasteiger charge is 1.97. The Balaban J connectivity index is 4.21. The first-order valence-corrected chi connectivity index (χ1v) is 5.10. The number of halogens is 1. The van der Waals surface area contributed by atoms with E-state index in [-0.39, 0.29) is 0 Å². The molecule has 0 aliphatic carbocycles. The fraction of sp³-hybridized carbons (Fsp3) is 0.545. The minimum atomic E-state index is -0.527. The first-order chi connectivity index (χ1) is 7.13. The highest BCUT2D eigenvalue weighted by molar-refractivity contribution is 5.82. The normalized spacial score (nSPS) is 11.9. The van der Waals surface area contributed by atoms with Gasteiger partial charge in [0.2, 0.25) is 0 Å². The van der Waals surface area contributed by atoms with Crippen LogP contribution in [0.5, 0.6) is 0 Å². The van der Waals surface area contributed by atoms with E-state index < -0.39 is 11.8 Å². The Morgan fingerprint density at radius 2 is 1.87 bits per heavy atom. The van der Waals surface area contributed by atoms with Crippen molar-refractivity contribution in [1.29, 1.82) is 0 Å². The van der Waals surface area contributed by atoms with Gasteiger partial charge in [-0.1, -0.05) is 0 Å². The van der Waals surface area contributed by atoms with Crippen molar-refractivity contribution in [3.8, 4) is 0 Å². The Labute approximate surface area is 90.2 Å². The maximum atomic E-state index is 13.2. The third-order valence-corrected chi connectivity index (χ3v) is 1.78. The fourth-order valence-corrected chi connectivity index (χ4v) is 0.962. The lowest BCUT2D eigenvalue weighted by Gasteiger charge is -2.14. The van der Waals surface area contributed by atoms with Crippen molar-refractivity contribution in [3.05, 3.63) is 24.2 Å². The summed E-state index contributed by atoms with van der Waals surface area (Å²) in [4.78, 5) is 12.7. The van der Waals surface area contributed by atoms with Crippen LogP contribution < -0.4 is 0 Å². The van der Waals surface area contributed by atoms with E-state index in [9.17, 15) is 9.18 Å². The quantitative estimate of drug-likeness (QED) is 0.386. The van der Waals surface area contributed by atoms with Gasteiger partial charge in [0.25, 0.3) is 0 Å². The van der Waals surface area contributed by atoms with Crippen molar-refractivity contribution >= 4 is 5.97 Å². The second-order valence-corrected chi connectivity index (χ2v) is 2.82. The van der Waals surface area contributed by atoms with Crippen LogP contribution in [-0.2, 0) is 9.53 Å². The van der Waals surface area contributed by atoms with Gasteiger partial charge in [0, 0.05) is 25.4 Å². The molecule has 0 aromatic carbocycles. The average molecular weight is 215 g/mol. The molecule has 0 aliphatic rings. The summed E-state index contributed by atoms with van der Waals surface area (Å²) in [5.74, 6) is -0.979. The van der Waals surface area contributed by atoms with Crippen LogP contribution >= 0.6 is 0 Å². The first kappa shape index (κ1) is 13.7. The van der Waals surface area contributed by atoms with E-state index in [4.69, 9.17) is 0 Å². The molecule has 0 unspecified atom stereocenters. The van der Waals surface area contributed by atoms with Crippen LogP contribution in [0.2, 0.25) is 0 Å². The van der Waals surface area contributed by atoms with Crippen LogP contribution in [-0.4, -0.2) is 30.6 Å². The third kappa shape index (κ3) is 6.71. The lowest BCUT2D eigenvalue weighted by Crippen LogP contribution is -2.15. The fourth-order valence-electron chi connectivity index (χ4n) is 0.962. The van der Waals surface area contributed by atoms with Gasteiger partial charge >= 0.3 is 5.97 Å². The molecule has 4 heteroatoms. The molecule has 3 nitrogen and oxygen atoms in total. The zero-order valence-electron chi connectivity index (χ0n) is 9.50. The number of carbonyl (C=O) groups excluding carboxylic acids is 1. The number of nitrogens with zero attached hydrogens (tertiary/aromatic N) is 1. The number of hydrogen-bond acceptors (Lipinski definition) is 3. The molecule has 15 heavy (non-hydrogen) atoms. The Hall–Kier alpha value is -1.32. The number of hydrogen-bond donors (Lipinski definition) is 0. The number of esters is 1. The predicted molar refractivity (Wildman–Crippen MR) is 57.9 cm³/mol. The molecule has 0 bridgehead atoms. The van der Waals surface area contributed by atoms with Gasteiger partial charge in [0.1, 0.15) is 5.83 Å². The van der Waals surface area contributed by atoms with Crippen molar-refractivity contribution in [1.82, 2.24) is 4.90 Å². The topological polar surface area (TPSA) is 29.5 Å². The van der Waals surface area contributed by atoms with Crippen molar-refractivity contribution in [2.45, 2.75) is 20.8 Å². The number of ether oxygens (including phenoxy) is 1. The summed E-state index contributed by atoms with van der Waals surface area (Å²) in [6.45, 7) is 7.33. The maximum Gasteiger partial charge on any atom is 0.330 e. The molecule has 0 atom stereocenters. The molecule has 0 rings (SSSR count). The summed E-state index contributed by atoms with van der Waals surface area (Å²) in [7, 11) is 0. The molecular weight excluding hydrogens is 197 g/mol. The van der Waals surface area contributed by atoms with E-state index in [0.29, 0.717) is 6.61 Å². The molecule has 0 radical (unpaired) electrons. The zero-order chi connectivity index (χ0) is 11.7. The summed E-state index contributed by atoms with van der Waals surface area (Å²) in [6.07, 6.45) is 3.56. The van der Waals surface area contributed by atoms with Crippen LogP contribution in [0.15, 0.2) is 24.2 Å². The van der Waals surface area contributed by atoms with E-state index in [1.54, 1.807) is 11.8 Å². The van der Waals surface area contributed by atoms with Crippen LogP contribution in [0.25, 0.3) is 0 Å². The van der Waals surface area contributed by atoms with Crippen LogP contribution in [0.3, 0.4) is 0 Å². The van der Waals surface area contributed by atoms with Gasteiger partial charge in [-0.15, -0.1) is 0 Å². The first-order valence-electron chi connectivity index (χ1n) is 5.10. The molecule has 0 aliphatic heterocycles. The second kappa shape index (κ2) is 8.03. The number of rotatable bonds is 6. The molecule has 0 heterocycles. The van der Waals surface area contributed by atoms with Gasteiger partial charge in [0.15, 0.2) is 0 Å². The predicted octanol–water partition coefficient (Wildman–Crippen LogP) is 2.26. The molecule has 0 aromatic heterocycles. The van der Waals surface area contributed by atoms with Gasteiger partial charge in [-0.2, -0.15) is 0 Å². The van der Waals surface area contributed by atoms with Gasteiger partial charge < -0.3 is 9.64 Å². The summed E-state index contributed by atoms with van der Waals surface area (Å²) >= 11 is 0. The van der Waals surface area contributed by atoms with Gasteiger partial charge in [-0.3, -0.25) is 0 Å². The summed E-state index contributed by atoms with van der Waals surface area (Å²) < 4.78 is 17.8. The number of carbonyl (C=O) groups is 1. The molecule has 0 spiro atoms. The Kier molecular flexibility index (Phi) is 7.32. The summed E-state index contributed by atoms with van der Waals surface area (Å²) in [5.41, 5.74) is 0. The summed E-state index contributed by atoms with van der Waals surface area (Å²) in [6, 6.07) is 0. The van der Waals surface area contributed by atoms with Crippen molar-refractivity contribution in [2.24, 2.45) is 0 Å². The molecule has 86 valence electrons. The molecule has 0 aromatic rings. The van der Waals surface area contributed by atoms with E-state index in [0.717, 1.165) is 25.2 Å². The third-order valence-electron chi connectivity index (χ3n) is 1.78. The second-order valence-electron chi connectivity index (χ2n) is 2.82. The SMILES string of the molecule is CCOC(=O)/C=C/C(F)=C/N(CC)CC. The van der Waals surface area contributed by atoms with E-state index in [1.807, 2.05) is 13.8 Å². The lowest BCUT2D eigenvalue weighted by atomic mass is 10.4. The van der Waals surface area contributed by atoms with Crippen molar-refractivity contribution < 1.29 is 13.9 Å².